The first-order chi connectivity index (χ1) is 15.9. The Hall–Kier alpha value is -3.08. The van der Waals surface area contributed by atoms with Crippen LogP contribution in [0.2, 0.25) is 5.15 Å². The molecule has 2 amide bonds. The Morgan fingerprint density at radius 3 is 2.79 bits per heavy atom. The summed E-state index contributed by atoms with van der Waals surface area (Å²) in [7, 11) is 1.77. The fraction of sp³-hybridized carbons (Fsp3) is 0.545. The topological polar surface area (TPSA) is 111 Å². The molecule has 0 unspecified atom stereocenters. The number of rotatable bonds is 3. The van der Waals surface area contributed by atoms with Crippen LogP contribution in [0.4, 0.5) is 14.9 Å². The van der Waals surface area contributed by atoms with Crippen molar-refractivity contribution < 1.29 is 23.5 Å². The van der Waals surface area contributed by atoms with Crippen LogP contribution in [0.5, 0.6) is 5.88 Å². The summed E-state index contributed by atoms with van der Waals surface area (Å²) in [4.78, 5) is 31.2. The number of halogens is 2. The number of aromatic nitrogens is 3. The molecule has 1 aliphatic rings. The summed E-state index contributed by atoms with van der Waals surface area (Å²) < 4.78 is 28.0. The van der Waals surface area contributed by atoms with Crippen LogP contribution in [0.3, 0.4) is 0 Å². The minimum atomic E-state index is -0.868. The summed E-state index contributed by atoms with van der Waals surface area (Å²) in [6.07, 6.45) is 1.24. The molecule has 0 saturated heterocycles. The Labute approximate surface area is 202 Å². The highest BCUT2D eigenvalue weighted by molar-refractivity contribution is 6.30. The number of hydrogen-bond donors (Lipinski definition) is 2. The second kappa shape index (κ2) is 10.5. The Kier molecular flexibility index (Phi) is 7.86. The standard InChI is InChI=1S/C22H30ClFN6O4/c1-13-6-10-30(21(32)34-22(2,3)4)11-8-25-19(31)15-17(16(24)18(23)27-20(15)33-13)26-12-14-7-9-29(5)28-14/h7,9,13H,6,8,10-12H2,1-5H3,(H,25,31)(H,26,27)/t13-/m0/s1. The van der Waals surface area contributed by atoms with Crippen LogP contribution < -0.4 is 15.4 Å². The smallest absolute Gasteiger partial charge is 0.410 e. The average molecular weight is 497 g/mol. The lowest BCUT2D eigenvalue weighted by Gasteiger charge is -2.28. The molecule has 3 heterocycles. The Balaban J connectivity index is 1.88. The summed E-state index contributed by atoms with van der Waals surface area (Å²) in [5.74, 6) is -1.57. The van der Waals surface area contributed by atoms with Crippen molar-refractivity contribution in [2.45, 2.75) is 52.4 Å². The number of ether oxygens (including phenoxy) is 2. The lowest BCUT2D eigenvalue weighted by molar-refractivity contribution is 0.0232. The molecule has 0 radical (unpaired) electrons. The Morgan fingerprint density at radius 1 is 1.41 bits per heavy atom. The minimum absolute atomic E-state index is 0.0920. The zero-order valence-corrected chi connectivity index (χ0v) is 20.7. The molecule has 1 aliphatic heterocycles. The van der Waals surface area contributed by atoms with Gasteiger partial charge in [0.05, 0.1) is 24.0 Å². The van der Waals surface area contributed by atoms with E-state index in [1.165, 1.54) is 4.90 Å². The maximum Gasteiger partial charge on any atom is 0.410 e. The van der Waals surface area contributed by atoms with Gasteiger partial charge in [-0.3, -0.25) is 9.48 Å². The van der Waals surface area contributed by atoms with Gasteiger partial charge in [-0.05, 0) is 33.8 Å². The third kappa shape index (κ3) is 6.49. The molecule has 3 rings (SSSR count). The lowest BCUT2D eigenvalue weighted by Crippen LogP contribution is -2.42. The van der Waals surface area contributed by atoms with Gasteiger partial charge < -0.3 is 25.0 Å². The van der Waals surface area contributed by atoms with E-state index in [1.54, 1.807) is 51.7 Å². The molecule has 0 fully saturated rings. The van der Waals surface area contributed by atoms with Gasteiger partial charge in [0.25, 0.3) is 5.91 Å². The van der Waals surface area contributed by atoms with Crippen LogP contribution in [0.1, 0.15) is 50.2 Å². The van der Waals surface area contributed by atoms with E-state index in [0.717, 1.165) is 0 Å². The molecule has 10 nitrogen and oxygen atoms in total. The van der Waals surface area contributed by atoms with Gasteiger partial charge in [-0.1, -0.05) is 11.6 Å². The molecule has 0 aromatic carbocycles. The monoisotopic (exact) mass is 496 g/mol. The van der Waals surface area contributed by atoms with Crippen molar-refractivity contribution in [3.8, 4) is 5.88 Å². The predicted molar refractivity (Wildman–Crippen MR) is 125 cm³/mol. The molecule has 186 valence electrons. The van der Waals surface area contributed by atoms with Crippen molar-refractivity contribution in [1.82, 2.24) is 25.0 Å². The number of aryl methyl sites for hydroxylation is 1. The Morgan fingerprint density at radius 2 is 2.15 bits per heavy atom. The number of anilines is 1. The third-order valence-electron chi connectivity index (χ3n) is 4.94. The van der Waals surface area contributed by atoms with Crippen LogP contribution in [-0.2, 0) is 18.3 Å². The van der Waals surface area contributed by atoms with Crippen LogP contribution >= 0.6 is 11.6 Å². The van der Waals surface area contributed by atoms with Crippen LogP contribution in [0.25, 0.3) is 0 Å². The van der Waals surface area contributed by atoms with Gasteiger partial charge >= 0.3 is 6.09 Å². The van der Waals surface area contributed by atoms with E-state index in [0.29, 0.717) is 18.7 Å². The highest BCUT2D eigenvalue weighted by atomic mass is 35.5. The SMILES string of the molecule is C[C@H]1CCN(C(=O)OC(C)(C)C)CCNC(=O)c2c(nc(Cl)c(F)c2NCc2ccn(C)n2)O1. The molecule has 0 spiro atoms. The molecule has 0 bridgehead atoms. The number of nitrogens with one attached hydrogen (secondary N) is 2. The largest absolute Gasteiger partial charge is 0.474 e. The van der Waals surface area contributed by atoms with Gasteiger partial charge in [-0.15, -0.1) is 0 Å². The molecule has 0 saturated carbocycles. The molecular weight excluding hydrogens is 467 g/mol. The number of hydrogen-bond acceptors (Lipinski definition) is 7. The van der Waals surface area contributed by atoms with Crippen LogP contribution in [0, 0.1) is 5.82 Å². The van der Waals surface area contributed by atoms with Crippen LogP contribution in [0.15, 0.2) is 12.3 Å². The highest BCUT2D eigenvalue weighted by Crippen LogP contribution is 2.33. The van der Waals surface area contributed by atoms with Gasteiger partial charge in [-0.25, -0.2) is 9.18 Å². The van der Waals surface area contributed by atoms with E-state index in [4.69, 9.17) is 21.1 Å². The molecule has 34 heavy (non-hydrogen) atoms. The van der Waals surface area contributed by atoms with Crippen molar-refractivity contribution in [2.75, 3.05) is 25.0 Å². The predicted octanol–water partition coefficient (Wildman–Crippen LogP) is 3.36. The number of pyridine rings is 1. The van der Waals surface area contributed by atoms with E-state index < -0.39 is 34.7 Å². The summed E-state index contributed by atoms with van der Waals surface area (Å²) in [5, 5.41) is 9.44. The fourth-order valence-corrected chi connectivity index (χ4v) is 3.48. The summed E-state index contributed by atoms with van der Waals surface area (Å²) in [5.41, 5.74) is -0.246. The molecule has 1 atom stereocenters. The van der Waals surface area contributed by atoms with Crippen molar-refractivity contribution in [2.24, 2.45) is 7.05 Å². The van der Waals surface area contributed by atoms with Crippen molar-refractivity contribution in [1.29, 1.82) is 0 Å². The molecule has 2 N–H and O–H groups in total. The minimum Gasteiger partial charge on any atom is -0.474 e. The maximum atomic E-state index is 15.0. The zero-order chi connectivity index (χ0) is 25.0. The van der Waals surface area contributed by atoms with Gasteiger partial charge in [0.15, 0.2) is 11.0 Å². The van der Waals surface area contributed by atoms with E-state index >= 15 is 4.39 Å². The quantitative estimate of drug-likeness (QED) is 0.627. The Bertz CT molecular complexity index is 1050. The van der Waals surface area contributed by atoms with Crippen molar-refractivity contribution in [3.05, 3.63) is 34.5 Å². The number of carbonyl (C=O) groups is 2. The third-order valence-corrected chi connectivity index (χ3v) is 5.19. The maximum absolute atomic E-state index is 15.0. The number of nitrogens with zero attached hydrogens (tertiary/aromatic N) is 4. The van der Waals surface area contributed by atoms with Gasteiger partial charge in [0.2, 0.25) is 5.88 Å². The average Bonchev–Trinajstić information content (AvgIpc) is 3.14. The molecule has 0 aliphatic carbocycles. The highest BCUT2D eigenvalue weighted by Gasteiger charge is 2.29. The lowest BCUT2D eigenvalue weighted by atomic mass is 10.2. The molecule has 12 heteroatoms. The van der Waals surface area contributed by atoms with Crippen molar-refractivity contribution in [3.63, 3.8) is 0 Å². The number of carbonyl (C=O) groups excluding carboxylic acids is 2. The second-order valence-electron chi connectivity index (χ2n) is 9.05. The number of fused-ring (bicyclic) bond motifs is 1. The molecular formula is C22H30ClFN6O4. The van der Waals surface area contributed by atoms with Crippen LogP contribution in [-0.4, -0.2) is 63.0 Å². The van der Waals surface area contributed by atoms with E-state index in [-0.39, 0.29) is 36.8 Å². The molecule has 2 aromatic heterocycles. The fourth-order valence-electron chi connectivity index (χ4n) is 3.31. The van der Waals surface area contributed by atoms with Gasteiger partial charge in [0.1, 0.15) is 11.2 Å². The summed E-state index contributed by atoms with van der Waals surface area (Å²) in [6.45, 7) is 7.94. The first-order valence-corrected chi connectivity index (χ1v) is 11.4. The normalized spacial score (nSPS) is 17.2. The number of amides is 2. The first-order valence-electron chi connectivity index (χ1n) is 11.0. The van der Waals surface area contributed by atoms with Gasteiger partial charge in [-0.2, -0.15) is 10.1 Å². The summed E-state index contributed by atoms with van der Waals surface area (Å²) >= 11 is 6.03. The second-order valence-corrected chi connectivity index (χ2v) is 9.40. The van der Waals surface area contributed by atoms with E-state index in [1.807, 2.05) is 0 Å². The van der Waals surface area contributed by atoms with E-state index in [2.05, 4.69) is 20.7 Å². The molecule has 2 aromatic rings. The van der Waals surface area contributed by atoms with E-state index in [9.17, 15) is 9.59 Å². The first kappa shape index (κ1) is 25.5. The van der Waals surface area contributed by atoms with Crippen molar-refractivity contribution >= 4 is 29.3 Å². The zero-order valence-electron chi connectivity index (χ0n) is 19.9. The van der Waals surface area contributed by atoms with Gasteiger partial charge in [0, 0.05) is 39.3 Å². The summed E-state index contributed by atoms with van der Waals surface area (Å²) in [6, 6.07) is 1.76.